The van der Waals surface area contributed by atoms with Crippen molar-refractivity contribution in [2.24, 2.45) is 0 Å². The smallest absolute Gasteiger partial charge is 0.281 e. The number of benzene rings is 2. The second kappa shape index (κ2) is 3.51. The van der Waals surface area contributed by atoms with Gasteiger partial charge in [-0.25, -0.2) is 0 Å². The third kappa shape index (κ3) is 1.13. The molecule has 0 bridgehead atoms. The predicted molar refractivity (Wildman–Crippen MR) is 72.2 cm³/mol. The maximum atomic E-state index is 11.8. The molecule has 0 saturated heterocycles. The van der Waals surface area contributed by atoms with E-state index >= 15 is 0 Å². The topological polar surface area (TPSA) is 141 Å². The van der Waals surface area contributed by atoms with Gasteiger partial charge < -0.3 is 10.4 Å². The second-order valence-corrected chi connectivity index (χ2v) is 5.24. The van der Waals surface area contributed by atoms with Gasteiger partial charge in [-0.1, -0.05) is 0 Å². The molecule has 0 amide bonds. The predicted octanol–water partition coefficient (Wildman–Crippen LogP) is -1.27. The number of fused-ring (bicyclic) bond motifs is 9. The average Bonchev–Trinajstić information content (AvgIpc) is 3.30. The van der Waals surface area contributed by atoms with Gasteiger partial charge >= 0.3 is 0 Å². The van der Waals surface area contributed by atoms with Crippen molar-refractivity contribution in [2.45, 2.75) is 0 Å². The van der Waals surface area contributed by atoms with Crippen LogP contribution in [0.3, 0.4) is 0 Å². The van der Waals surface area contributed by atoms with E-state index in [0.29, 0.717) is 42.9 Å². The van der Waals surface area contributed by atoms with Crippen LogP contribution in [0, 0.1) is 10.4 Å². The van der Waals surface area contributed by atoms with Gasteiger partial charge in [0.15, 0.2) is 5.52 Å². The molecular weight excluding hydrogens is 320 g/mol. The van der Waals surface area contributed by atoms with Crippen LogP contribution in [-0.4, -0.2) is 20.0 Å². The molecule has 4 aromatic heterocycles. The average molecular weight is 324 g/mol. The Bertz CT molecular complexity index is 1330. The molecule has 0 fully saturated rings. The SMILES string of the molecule is [O-][n+]1onc2ccc3c(nn4c5ccc6no[n+]([O-])c6c5[n-][n+]34)c21. The van der Waals surface area contributed by atoms with E-state index in [1.807, 2.05) is 0 Å². The molecule has 0 aliphatic rings. The van der Waals surface area contributed by atoms with Crippen molar-refractivity contribution in [2.75, 3.05) is 0 Å². The molecule has 4 heterocycles. The van der Waals surface area contributed by atoms with Gasteiger partial charge in [-0.2, -0.15) is 4.63 Å². The summed E-state index contributed by atoms with van der Waals surface area (Å²) < 4.78 is 12.2. The van der Waals surface area contributed by atoms with Gasteiger partial charge in [-0.05, 0) is 33.1 Å². The quantitative estimate of drug-likeness (QED) is 0.249. The van der Waals surface area contributed by atoms with Crippen molar-refractivity contribution >= 4 is 44.1 Å². The van der Waals surface area contributed by atoms with Crippen molar-refractivity contribution < 1.29 is 23.7 Å². The lowest BCUT2D eigenvalue weighted by Crippen LogP contribution is -2.31. The van der Waals surface area contributed by atoms with Crippen molar-refractivity contribution in [3.63, 3.8) is 0 Å². The number of hydrogen-bond donors (Lipinski definition) is 0. The number of nitrogens with zero attached hydrogens (tertiary/aromatic N) is 8. The Labute approximate surface area is 128 Å². The molecule has 0 unspecified atom stereocenters. The number of aromatic nitrogens is 8. The van der Waals surface area contributed by atoms with E-state index in [-0.39, 0.29) is 11.0 Å². The summed E-state index contributed by atoms with van der Waals surface area (Å²) in [4.78, 5) is 0.604. The first kappa shape index (κ1) is 11.6. The fraction of sp³-hybridized carbons (Fsp3) is 0. The third-order valence-electron chi connectivity index (χ3n) is 4.01. The molecular formula is C12H4N8O4. The van der Waals surface area contributed by atoms with Gasteiger partial charge in [-0.15, -0.1) is 4.63 Å². The molecule has 12 nitrogen and oxygen atoms in total. The number of hydrogen-bond acceptors (Lipinski definition) is 7. The Morgan fingerprint density at radius 1 is 0.958 bits per heavy atom. The zero-order chi connectivity index (χ0) is 16.0. The van der Waals surface area contributed by atoms with Crippen molar-refractivity contribution in [1.82, 2.24) is 25.1 Å². The normalized spacial score (nSPS) is 12.5. The van der Waals surface area contributed by atoms with Crippen LogP contribution < -0.4 is 19.5 Å². The van der Waals surface area contributed by atoms with E-state index in [4.69, 9.17) is 0 Å². The van der Waals surface area contributed by atoms with Crippen LogP contribution in [0.5, 0.6) is 0 Å². The molecule has 0 aliphatic heterocycles. The molecule has 6 aromatic rings. The molecule has 12 heteroatoms. The molecule has 24 heavy (non-hydrogen) atoms. The second-order valence-electron chi connectivity index (χ2n) is 5.24. The Balaban J connectivity index is 1.89. The highest BCUT2D eigenvalue weighted by atomic mass is 16.8. The van der Waals surface area contributed by atoms with Crippen LogP contribution in [0.2, 0.25) is 0 Å². The van der Waals surface area contributed by atoms with Crippen LogP contribution in [0.1, 0.15) is 0 Å². The Hall–Kier alpha value is -3.96. The lowest BCUT2D eigenvalue weighted by atomic mass is 10.2. The molecule has 0 radical (unpaired) electrons. The summed E-state index contributed by atoms with van der Waals surface area (Å²) in [5.41, 5.74) is 3.11. The summed E-state index contributed by atoms with van der Waals surface area (Å²) in [6, 6.07) is 6.70. The lowest BCUT2D eigenvalue weighted by Gasteiger charge is -1.91. The van der Waals surface area contributed by atoms with E-state index in [2.05, 4.69) is 29.8 Å². The monoisotopic (exact) mass is 324 g/mol. The van der Waals surface area contributed by atoms with Gasteiger partial charge in [0.05, 0.1) is 5.52 Å². The first-order valence-corrected chi connectivity index (χ1v) is 6.81. The van der Waals surface area contributed by atoms with Crippen LogP contribution in [0.15, 0.2) is 33.5 Å². The fourth-order valence-corrected chi connectivity index (χ4v) is 2.97. The van der Waals surface area contributed by atoms with Gasteiger partial charge in [0.25, 0.3) is 16.6 Å². The van der Waals surface area contributed by atoms with Gasteiger partial charge in [0.2, 0.25) is 11.0 Å². The summed E-state index contributed by atoms with van der Waals surface area (Å²) in [7, 11) is 0. The van der Waals surface area contributed by atoms with Gasteiger partial charge in [0.1, 0.15) is 0 Å². The van der Waals surface area contributed by atoms with E-state index < -0.39 is 0 Å². The van der Waals surface area contributed by atoms with Crippen LogP contribution in [0.25, 0.3) is 44.1 Å². The molecule has 0 spiro atoms. The van der Waals surface area contributed by atoms with E-state index in [1.165, 1.54) is 9.26 Å². The number of rotatable bonds is 0. The van der Waals surface area contributed by atoms with Crippen LogP contribution in [0.4, 0.5) is 0 Å². The maximum Gasteiger partial charge on any atom is 0.281 e. The standard InChI is InChI=1S/C12H4N8O4/c21-19-11-5(15-23-19)1-3-7-9(11)13-18-8-4-2-6-12(20(22)24-16-6)10(8)14-17(7)18/h1-4H. The molecule has 6 rings (SSSR count). The zero-order valence-electron chi connectivity index (χ0n) is 11.5. The summed E-state index contributed by atoms with van der Waals surface area (Å²) in [5.74, 6) is 0. The zero-order valence-corrected chi connectivity index (χ0v) is 11.5. The van der Waals surface area contributed by atoms with Crippen molar-refractivity contribution in [1.29, 1.82) is 0 Å². The van der Waals surface area contributed by atoms with E-state index in [9.17, 15) is 10.4 Å². The highest BCUT2D eigenvalue weighted by Gasteiger charge is 2.24. The Morgan fingerprint density at radius 3 is 2.50 bits per heavy atom. The van der Waals surface area contributed by atoms with Gasteiger partial charge in [0, 0.05) is 21.9 Å². The summed E-state index contributed by atoms with van der Waals surface area (Å²) in [5, 5.41) is 39.7. The Kier molecular flexibility index (Phi) is 1.69. The third-order valence-corrected chi connectivity index (χ3v) is 4.01. The molecule has 0 atom stereocenters. The minimum Gasteiger partial charge on any atom is -0.359 e. The van der Waals surface area contributed by atoms with Crippen LogP contribution >= 0.6 is 0 Å². The highest BCUT2D eigenvalue weighted by Crippen LogP contribution is 2.21. The van der Waals surface area contributed by atoms with Gasteiger partial charge in [-0.3, -0.25) is 14.4 Å². The largest absolute Gasteiger partial charge is 0.359 e. The maximum absolute atomic E-state index is 11.8. The molecule has 0 N–H and O–H groups in total. The summed E-state index contributed by atoms with van der Waals surface area (Å²) in [6.45, 7) is 0. The molecule has 0 aliphatic carbocycles. The van der Waals surface area contributed by atoms with Crippen LogP contribution in [-0.2, 0) is 0 Å². The minimum absolute atomic E-state index is 0.212. The molecule has 116 valence electrons. The van der Waals surface area contributed by atoms with Crippen molar-refractivity contribution in [3.05, 3.63) is 34.7 Å². The Morgan fingerprint density at radius 2 is 1.67 bits per heavy atom. The first-order valence-electron chi connectivity index (χ1n) is 6.81. The van der Waals surface area contributed by atoms with Crippen molar-refractivity contribution in [3.8, 4) is 0 Å². The summed E-state index contributed by atoms with van der Waals surface area (Å²) in [6.07, 6.45) is 0. The van der Waals surface area contributed by atoms with E-state index in [1.54, 1.807) is 24.3 Å². The lowest BCUT2D eigenvalue weighted by molar-refractivity contribution is -0.781. The highest BCUT2D eigenvalue weighted by molar-refractivity contribution is 5.98. The first-order chi connectivity index (χ1) is 11.7. The molecule has 0 saturated carbocycles. The minimum atomic E-state index is 0.212. The fourth-order valence-electron chi connectivity index (χ4n) is 2.97. The molecule has 2 aromatic carbocycles. The summed E-state index contributed by atoms with van der Waals surface area (Å²) >= 11 is 0. The van der Waals surface area contributed by atoms with E-state index in [0.717, 1.165) is 0 Å².